The number of hydrogen-bond acceptors (Lipinski definition) is 6. The highest BCUT2D eigenvalue weighted by Gasteiger charge is 2.24. The van der Waals surface area contributed by atoms with Crippen LogP contribution in [0, 0.1) is 17.1 Å². The van der Waals surface area contributed by atoms with Crippen molar-refractivity contribution in [3.63, 3.8) is 0 Å². The first-order valence-corrected chi connectivity index (χ1v) is 9.88. The number of ether oxygens (including phenoxy) is 3. The van der Waals surface area contributed by atoms with Crippen LogP contribution in [0.2, 0.25) is 0 Å². The molecule has 0 unspecified atom stereocenters. The van der Waals surface area contributed by atoms with Gasteiger partial charge in [-0.2, -0.15) is 5.26 Å². The molecule has 3 rings (SSSR count). The van der Waals surface area contributed by atoms with Crippen LogP contribution in [0.3, 0.4) is 0 Å². The van der Waals surface area contributed by atoms with Crippen LogP contribution in [0.15, 0.2) is 34.8 Å². The Morgan fingerprint density at radius 3 is 2.82 bits per heavy atom. The molecule has 0 bridgehead atoms. The maximum absolute atomic E-state index is 14.3. The lowest BCUT2D eigenvalue weighted by molar-refractivity contribution is 0.0728. The number of carbonyl (C=O) groups is 1. The van der Waals surface area contributed by atoms with E-state index in [1.165, 1.54) is 25.3 Å². The molecule has 0 saturated heterocycles. The molecule has 2 aromatic carbocycles. The molecule has 0 saturated carbocycles. The summed E-state index contributed by atoms with van der Waals surface area (Å²) >= 11 is 4.45. The Hall–Kier alpha value is -2.47. The summed E-state index contributed by atoms with van der Waals surface area (Å²) in [7, 11) is 1.48. The standard InChI is InChI=1S/C20H15BrFNO4S/c1-3-26-15-8-11(9-23)7-13(21)18(15)27-20(24)19-12(10-25-2)17-14(22)5-4-6-16(17)28-19/h4-8H,3,10H2,1-2H3. The molecule has 0 N–H and O–H groups in total. The van der Waals surface area contributed by atoms with Crippen molar-refractivity contribution in [1.82, 2.24) is 0 Å². The van der Waals surface area contributed by atoms with E-state index in [9.17, 15) is 9.18 Å². The smallest absolute Gasteiger partial charge is 0.354 e. The number of methoxy groups -OCH3 is 1. The lowest BCUT2D eigenvalue weighted by Gasteiger charge is -2.13. The van der Waals surface area contributed by atoms with Gasteiger partial charge in [0.2, 0.25) is 0 Å². The topological polar surface area (TPSA) is 68.5 Å². The maximum Gasteiger partial charge on any atom is 0.354 e. The van der Waals surface area contributed by atoms with Crippen molar-refractivity contribution in [3.05, 3.63) is 56.6 Å². The Kier molecular flexibility index (Phi) is 6.29. The van der Waals surface area contributed by atoms with Crippen LogP contribution in [0.25, 0.3) is 10.1 Å². The number of fused-ring (bicyclic) bond motifs is 1. The highest BCUT2D eigenvalue weighted by atomic mass is 79.9. The van der Waals surface area contributed by atoms with Gasteiger partial charge in [0.25, 0.3) is 0 Å². The van der Waals surface area contributed by atoms with Crippen LogP contribution in [-0.4, -0.2) is 19.7 Å². The molecule has 0 atom stereocenters. The van der Waals surface area contributed by atoms with Crippen molar-refractivity contribution in [3.8, 4) is 17.6 Å². The quantitative estimate of drug-likeness (QED) is 0.359. The second-order valence-corrected chi connectivity index (χ2v) is 7.58. The number of thiophene rings is 1. The van der Waals surface area contributed by atoms with Gasteiger partial charge in [0.1, 0.15) is 10.7 Å². The van der Waals surface area contributed by atoms with E-state index in [0.717, 1.165) is 11.3 Å². The van der Waals surface area contributed by atoms with Crippen molar-refractivity contribution in [1.29, 1.82) is 5.26 Å². The molecule has 8 heteroatoms. The van der Waals surface area contributed by atoms with E-state index in [1.54, 1.807) is 19.1 Å². The molecule has 144 valence electrons. The number of nitrogens with zero attached hydrogens (tertiary/aromatic N) is 1. The SMILES string of the molecule is CCOc1cc(C#N)cc(Br)c1OC(=O)c1sc2cccc(F)c2c1COC. The highest BCUT2D eigenvalue weighted by Crippen LogP contribution is 2.39. The van der Waals surface area contributed by atoms with E-state index in [1.807, 2.05) is 6.07 Å². The van der Waals surface area contributed by atoms with Gasteiger partial charge in [-0.3, -0.25) is 0 Å². The first-order chi connectivity index (χ1) is 13.5. The second-order valence-electron chi connectivity index (χ2n) is 5.68. The van der Waals surface area contributed by atoms with Gasteiger partial charge in [0.05, 0.1) is 29.3 Å². The fourth-order valence-electron chi connectivity index (χ4n) is 2.75. The molecule has 0 spiro atoms. The van der Waals surface area contributed by atoms with Gasteiger partial charge >= 0.3 is 5.97 Å². The van der Waals surface area contributed by atoms with Crippen LogP contribution in [-0.2, 0) is 11.3 Å². The average molecular weight is 464 g/mol. The predicted molar refractivity (Wildman–Crippen MR) is 107 cm³/mol. The van der Waals surface area contributed by atoms with Crippen molar-refractivity contribution in [2.45, 2.75) is 13.5 Å². The largest absolute Gasteiger partial charge is 0.490 e. The number of rotatable bonds is 6. The third kappa shape index (κ3) is 3.87. The summed E-state index contributed by atoms with van der Waals surface area (Å²) in [5.41, 5.74) is 0.799. The summed E-state index contributed by atoms with van der Waals surface area (Å²) in [5, 5.41) is 9.48. The third-order valence-electron chi connectivity index (χ3n) is 3.87. The zero-order valence-electron chi connectivity index (χ0n) is 15.0. The highest BCUT2D eigenvalue weighted by molar-refractivity contribution is 9.10. The predicted octanol–water partition coefficient (Wildman–Crippen LogP) is 5.44. The van der Waals surface area contributed by atoms with Crippen LogP contribution < -0.4 is 9.47 Å². The second kappa shape index (κ2) is 8.69. The van der Waals surface area contributed by atoms with E-state index in [0.29, 0.717) is 32.3 Å². The molecule has 1 heterocycles. The molecule has 3 aromatic rings. The molecule has 0 aliphatic heterocycles. The summed E-state index contributed by atoms with van der Waals surface area (Å²) in [6.07, 6.45) is 0. The number of carbonyl (C=O) groups excluding carboxylic acids is 1. The number of esters is 1. The molecule has 0 fully saturated rings. The molecule has 0 amide bonds. The molecule has 0 aliphatic rings. The number of hydrogen-bond donors (Lipinski definition) is 0. The molecular formula is C20H15BrFNO4S. The van der Waals surface area contributed by atoms with Gasteiger partial charge in [-0.25, -0.2) is 9.18 Å². The van der Waals surface area contributed by atoms with Gasteiger partial charge < -0.3 is 14.2 Å². The summed E-state index contributed by atoms with van der Waals surface area (Å²) in [6.45, 7) is 2.18. The minimum Gasteiger partial charge on any atom is -0.490 e. The van der Waals surface area contributed by atoms with E-state index >= 15 is 0 Å². The van der Waals surface area contributed by atoms with E-state index in [4.69, 9.17) is 19.5 Å². The van der Waals surface area contributed by atoms with Gasteiger partial charge in [-0.15, -0.1) is 11.3 Å². The Balaban J connectivity index is 2.06. The van der Waals surface area contributed by atoms with Gasteiger partial charge in [-0.05, 0) is 41.1 Å². The minimum atomic E-state index is -0.654. The Bertz CT molecular complexity index is 1090. The van der Waals surface area contributed by atoms with Gasteiger partial charge in [0, 0.05) is 28.8 Å². The summed E-state index contributed by atoms with van der Waals surface area (Å²) in [4.78, 5) is 13.2. The summed E-state index contributed by atoms with van der Waals surface area (Å²) in [6, 6.07) is 9.72. The molecular weight excluding hydrogens is 449 g/mol. The molecule has 0 aliphatic carbocycles. The summed E-state index contributed by atoms with van der Waals surface area (Å²) < 4.78 is 31.6. The van der Waals surface area contributed by atoms with Gasteiger partial charge in [0.15, 0.2) is 11.5 Å². The number of halogens is 2. The molecule has 28 heavy (non-hydrogen) atoms. The van der Waals surface area contributed by atoms with Crippen LogP contribution in [0.1, 0.15) is 27.7 Å². The molecule has 0 radical (unpaired) electrons. The first-order valence-electron chi connectivity index (χ1n) is 8.27. The van der Waals surface area contributed by atoms with E-state index < -0.39 is 11.8 Å². The first kappa shape index (κ1) is 20.3. The zero-order chi connectivity index (χ0) is 20.3. The summed E-state index contributed by atoms with van der Waals surface area (Å²) in [5.74, 6) is -0.650. The lowest BCUT2D eigenvalue weighted by Crippen LogP contribution is -2.11. The average Bonchev–Trinajstić information content (AvgIpc) is 3.04. The fourth-order valence-corrected chi connectivity index (χ4v) is 4.37. The Labute approximate surface area is 173 Å². The van der Waals surface area contributed by atoms with Crippen LogP contribution in [0.4, 0.5) is 4.39 Å². The lowest BCUT2D eigenvalue weighted by atomic mass is 10.1. The number of benzene rings is 2. The monoisotopic (exact) mass is 463 g/mol. The van der Waals surface area contributed by atoms with Crippen molar-refractivity contribution in [2.75, 3.05) is 13.7 Å². The van der Waals surface area contributed by atoms with Crippen LogP contribution in [0.5, 0.6) is 11.5 Å². The van der Waals surface area contributed by atoms with E-state index in [-0.39, 0.29) is 23.0 Å². The zero-order valence-corrected chi connectivity index (χ0v) is 17.4. The Morgan fingerprint density at radius 1 is 1.36 bits per heavy atom. The molecule has 1 aromatic heterocycles. The maximum atomic E-state index is 14.3. The third-order valence-corrected chi connectivity index (χ3v) is 5.64. The van der Waals surface area contributed by atoms with Crippen molar-refractivity contribution < 1.29 is 23.4 Å². The normalized spacial score (nSPS) is 10.7. The van der Waals surface area contributed by atoms with Crippen LogP contribution >= 0.6 is 27.3 Å². The van der Waals surface area contributed by atoms with Crippen molar-refractivity contribution >= 4 is 43.3 Å². The fraction of sp³-hybridized carbons (Fsp3) is 0.200. The number of nitriles is 1. The minimum absolute atomic E-state index is 0.0677. The van der Waals surface area contributed by atoms with Crippen molar-refractivity contribution in [2.24, 2.45) is 0 Å². The van der Waals surface area contributed by atoms with Gasteiger partial charge in [-0.1, -0.05) is 6.07 Å². The molecule has 5 nitrogen and oxygen atoms in total. The van der Waals surface area contributed by atoms with E-state index in [2.05, 4.69) is 15.9 Å². The Morgan fingerprint density at radius 2 is 2.14 bits per heavy atom.